The Kier molecular flexibility index (Phi) is 5.42. The minimum atomic E-state index is -3.65. The fraction of sp³-hybridized carbons (Fsp3) is 0.583. The first kappa shape index (κ1) is 15.8. The van der Waals surface area contributed by atoms with E-state index in [2.05, 4.69) is 5.32 Å². The highest BCUT2D eigenvalue weighted by Crippen LogP contribution is 2.24. The van der Waals surface area contributed by atoms with Gasteiger partial charge in [-0.15, -0.1) is 11.3 Å². The third-order valence-electron chi connectivity index (χ3n) is 3.14. The molecule has 1 aromatic heterocycles. The van der Waals surface area contributed by atoms with Crippen LogP contribution in [0, 0.1) is 5.92 Å². The number of nitrogens with one attached hydrogen (secondary N) is 1. The van der Waals surface area contributed by atoms with E-state index in [1.54, 1.807) is 6.07 Å². The summed E-state index contributed by atoms with van der Waals surface area (Å²) in [4.78, 5) is 12.8. The number of thiophene rings is 1. The highest BCUT2D eigenvalue weighted by molar-refractivity contribution is 8.15. The van der Waals surface area contributed by atoms with Crippen LogP contribution in [-0.2, 0) is 25.0 Å². The maximum absolute atomic E-state index is 11.9. The van der Waals surface area contributed by atoms with Crippen LogP contribution in [0.4, 0.5) is 0 Å². The summed E-state index contributed by atoms with van der Waals surface area (Å²) in [6, 6.07) is 3.21. The molecule has 0 aliphatic carbocycles. The molecule has 2 rings (SSSR count). The molecule has 0 atom stereocenters. The van der Waals surface area contributed by atoms with Crippen LogP contribution >= 0.6 is 22.0 Å². The molecule has 112 valence electrons. The summed E-state index contributed by atoms with van der Waals surface area (Å²) in [7, 11) is 1.61. The van der Waals surface area contributed by atoms with Crippen molar-refractivity contribution in [3.8, 4) is 0 Å². The number of rotatable bonds is 5. The van der Waals surface area contributed by atoms with Gasteiger partial charge in [0, 0.05) is 41.2 Å². The topological polar surface area (TPSA) is 72.5 Å². The van der Waals surface area contributed by atoms with Gasteiger partial charge in [0.25, 0.3) is 9.05 Å². The van der Waals surface area contributed by atoms with Gasteiger partial charge in [0.2, 0.25) is 5.91 Å². The average molecular weight is 338 g/mol. The first-order valence-electron chi connectivity index (χ1n) is 6.35. The summed E-state index contributed by atoms with van der Waals surface area (Å²) in [6.45, 7) is 1.78. The fourth-order valence-corrected chi connectivity index (χ4v) is 4.16. The lowest BCUT2D eigenvalue weighted by atomic mass is 9.99. The van der Waals surface area contributed by atoms with Gasteiger partial charge in [0.05, 0.1) is 0 Å². The number of hydrogen-bond donors (Lipinski definition) is 1. The number of halogens is 1. The summed E-state index contributed by atoms with van der Waals surface area (Å²) >= 11 is 1.14. The number of hydrogen-bond acceptors (Lipinski definition) is 5. The van der Waals surface area contributed by atoms with Crippen molar-refractivity contribution >= 4 is 37.0 Å². The van der Waals surface area contributed by atoms with Gasteiger partial charge in [-0.1, -0.05) is 0 Å². The van der Waals surface area contributed by atoms with Crippen LogP contribution in [0.3, 0.4) is 0 Å². The molecule has 2 heterocycles. The summed E-state index contributed by atoms with van der Waals surface area (Å²) < 4.78 is 27.6. The summed E-state index contributed by atoms with van der Waals surface area (Å²) in [6.07, 6.45) is 2.13. The molecule has 1 fully saturated rings. The second-order valence-corrected chi connectivity index (χ2v) is 8.55. The third kappa shape index (κ3) is 4.44. The molecule has 0 unspecified atom stereocenters. The number of amides is 1. The van der Waals surface area contributed by atoms with Crippen LogP contribution < -0.4 is 5.32 Å². The highest BCUT2D eigenvalue weighted by Gasteiger charge is 2.21. The van der Waals surface area contributed by atoms with Crippen LogP contribution in [0.1, 0.15) is 17.7 Å². The Morgan fingerprint density at radius 2 is 2.10 bits per heavy atom. The minimum absolute atomic E-state index is 0.0332. The lowest BCUT2D eigenvalue weighted by Crippen LogP contribution is -2.35. The first-order valence-corrected chi connectivity index (χ1v) is 9.48. The van der Waals surface area contributed by atoms with Crippen molar-refractivity contribution in [1.82, 2.24) is 5.32 Å². The van der Waals surface area contributed by atoms with Crippen molar-refractivity contribution in [3.05, 3.63) is 17.0 Å². The lowest BCUT2D eigenvalue weighted by molar-refractivity contribution is -0.127. The van der Waals surface area contributed by atoms with Crippen LogP contribution in [0.5, 0.6) is 0 Å². The van der Waals surface area contributed by atoms with E-state index in [1.165, 1.54) is 6.07 Å². The minimum Gasteiger partial charge on any atom is -0.381 e. The molecule has 0 radical (unpaired) electrons. The zero-order chi connectivity index (χ0) is 14.6. The van der Waals surface area contributed by atoms with Gasteiger partial charge in [-0.3, -0.25) is 4.79 Å². The van der Waals surface area contributed by atoms with Gasteiger partial charge in [-0.05, 0) is 31.4 Å². The maximum Gasteiger partial charge on any atom is 0.270 e. The second-order valence-electron chi connectivity index (χ2n) is 4.59. The van der Waals surface area contributed by atoms with Gasteiger partial charge in [-0.2, -0.15) is 0 Å². The summed E-state index contributed by atoms with van der Waals surface area (Å²) in [5, 5.41) is 2.88. The largest absolute Gasteiger partial charge is 0.381 e. The van der Waals surface area contributed by atoms with E-state index in [1.807, 2.05) is 0 Å². The number of carbonyl (C=O) groups excluding carboxylic acids is 1. The Hall–Kier alpha value is -0.630. The molecular weight excluding hydrogens is 322 g/mol. The van der Waals surface area contributed by atoms with E-state index in [9.17, 15) is 13.2 Å². The predicted molar refractivity (Wildman–Crippen MR) is 77.6 cm³/mol. The Labute approximate surface area is 126 Å². The normalized spacial score (nSPS) is 17.1. The van der Waals surface area contributed by atoms with Gasteiger partial charge in [-0.25, -0.2) is 8.42 Å². The summed E-state index contributed by atoms with van der Waals surface area (Å²) in [5.74, 6) is 0.0842. The molecule has 0 aromatic carbocycles. The molecule has 8 heteroatoms. The van der Waals surface area contributed by atoms with Crippen molar-refractivity contribution in [2.75, 3.05) is 19.8 Å². The van der Waals surface area contributed by atoms with Crippen molar-refractivity contribution in [3.63, 3.8) is 0 Å². The van der Waals surface area contributed by atoms with Crippen LogP contribution in [-0.4, -0.2) is 34.1 Å². The molecule has 0 bridgehead atoms. The molecule has 1 aliphatic rings. The molecule has 1 N–H and O–H groups in total. The summed E-state index contributed by atoms with van der Waals surface area (Å²) in [5.41, 5.74) is 0. The van der Waals surface area contributed by atoms with Gasteiger partial charge >= 0.3 is 0 Å². The molecule has 0 spiro atoms. The molecule has 20 heavy (non-hydrogen) atoms. The zero-order valence-corrected chi connectivity index (χ0v) is 13.2. The van der Waals surface area contributed by atoms with Gasteiger partial charge in [0.1, 0.15) is 4.21 Å². The Morgan fingerprint density at radius 1 is 1.40 bits per heavy atom. The molecule has 1 saturated heterocycles. The maximum atomic E-state index is 11.9. The van der Waals surface area contributed by atoms with E-state index in [4.69, 9.17) is 15.4 Å². The number of ether oxygens (including phenoxy) is 1. The SMILES string of the molecule is O=C(NCCc1ccc(S(=O)(=O)Cl)s1)C1CCOCC1. The first-order chi connectivity index (χ1) is 9.47. The molecule has 0 saturated carbocycles. The van der Waals surface area contributed by atoms with E-state index < -0.39 is 9.05 Å². The molecule has 5 nitrogen and oxygen atoms in total. The van der Waals surface area contributed by atoms with Crippen molar-refractivity contribution in [2.24, 2.45) is 5.92 Å². The standard InChI is InChI=1S/C12H16ClNO4S2/c13-20(16,17)11-2-1-10(19-11)3-6-14-12(15)9-4-7-18-8-5-9/h1-2,9H,3-8H2,(H,14,15). The second kappa shape index (κ2) is 6.89. The average Bonchev–Trinajstić information content (AvgIpc) is 2.88. The van der Waals surface area contributed by atoms with Crippen molar-refractivity contribution in [1.29, 1.82) is 0 Å². The Morgan fingerprint density at radius 3 is 2.70 bits per heavy atom. The lowest BCUT2D eigenvalue weighted by Gasteiger charge is -2.21. The predicted octanol–water partition coefficient (Wildman–Crippen LogP) is 1.76. The zero-order valence-electron chi connectivity index (χ0n) is 10.8. The van der Waals surface area contributed by atoms with Crippen molar-refractivity contribution < 1.29 is 17.9 Å². The van der Waals surface area contributed by atoms with E-state index in [0.29, 0.717) is 26.2 Å². The van der Waals surface area contributed by atoms with E-state index in [0.717, 1.165) is 29.1 Å². The van der Waals surface area contributed by atoms with E-state index >= 15 is 0 Å². The van der Waals surface area contributed by atoms with Crippen LogP contribution in [0.2, 0.25) is 0 Å². The van der Waals surface area contributed by atoms with Gasteiger partial charge in [0.15, 0.2) is 0 Å². The Balaban J connectivity index is 1.78. The fourth-order valence-electron chi connectivity index (χ4n) is 2.04. The monoisotopic (exact) mass is 337 g/mol. The third-order valence-corrected chi connectivity index (χ3v) is 6.38. The van der Waals surface area contributed by atoms with Crippen LogP contribution in [0.25, 0.3) is 0 Å². The quantitative estimate of drug-likeness (QED) is 0.831. The molecule has 1 aliphatic heterocycles. The van der Waals surface area contributed by atoms with Crippen LogP contribution in [0.15, 0.2) is 16.3 Å². The number of carbonyl (C=O) groups is 1. The highest BCUT2D eigenvalue weighted by atomic mass is 35.7. The van der Waals surface area contributed by atoms with Gasteiger partial charge < -0.3 is 10.1 Å². The van der Waals surface area contributed by atoms with E-state index in [-0.39, 0.29) is 16.0 Å². The van der Waals surface area contributed by atoms with Crippen molar-refractivity contribution in [2.45, 2.75) is 23.5 Å². The molecule has 1 aromatic rings. The Bertz CT molecular complexity index is 564. The molecule has 1 amide bonds. The molecular formula is C12H16ClNO4S2. The smallest absolute Gasteiger partial charge is 0.270 e.